The molecule has 172 valence electrons. The van der Waals surface area contributed by atoms with Crippen molar-refractivity contribution in [3.63, 3.8) is 0 Å². The van der Waals surface area contributed by atoms with Crippen LogP contribution in [0.4, 0.5) is 11.4 Å². The molecule has 33 heavy (non-hydrogen) atoms. The number of hydrogen-bond donors (Lipinski definition) is 4. The molecule has 0 unspecified atom stereocenters. The van der Waals surface area contributed by atoms with E-state index in [0.717, 1.165) is 24.3 Å². The number of carbonyl (C=O) groups is 4. The molecule has 0 atom stereocenters. The van der Waals surface area contributed by atoms with E-state index in [0.29, 0.717) is 0 Å². The van der Waals surface area contributed by atoms with Gasteiger partial charge in [0.25, 0.3) is 23.2 Å². The van der Waals surface area contributed by atoms with Gasteiger partial charge in [-0.3, -0.25) is 61.1 Å². The lowest BCUT2D eigenvalue weighted by atomic mass is 10.2. The van der Waals surface area contributed by atoms with Gasteiger partial charge in [0, 0.05) is 48.2 Å². The van der Waals surface area contributed by atoms with Crippen LogP contribution < -0.4 is 21.7 Å². The van der Waals surface area contributed by atoms with Crippen molar-refractivity contribution < 1.29 is 29.0 Å². The number of nitrogens with one attached hydrogen (secondary N) is 4. The number of benzene rings is 2. The predicted octanol–water partition coefficient (Wildman–Crippen LogP) is 0.896. The first-order valence-corrected chi connectivity index (χ1v) is 9.34. The van der Waals surface area contributed by atoms with Gasteiger partial charge < -0.3 is 0 Å². The van der Waals surface area contributed by atoms with Gasteiger partial charge in [0.15, 0.2) is 0 Å². The van der Waals surface area contributed by atoms with Crippen LogP contribution in [0.15, 0.2) is 48.5 Å². The highest BCUT2D eigenvalue weighted by Gasteiger charge is 2.12. The van der Waals surface area contributed by atoms with Crippen LogP contribution in [-0.2, 0) is 9.59 Å². The van der Waals surface area contributed by atoms with Crippen LogP contribution in [0.3, 0.4) is 0 Å². The molecule has 0 aliphatic rings. The number of nitro benzene ring substituents is 2. The Morgan fingerprint density at radius 3 is 1.24 bits per heavy atom. The number of hydrogen-bond acceptors (Lipinski definition) is 8. The summed E-state index contributed by atoms with van der Waals surface area (Å²) in [6.07, 6.45) is -0.104. The van der Waals surface area contributed by atoms with Gasteiger partial charge in [-0.05, 0) is 30.7 Å². The molecule has 2 rings (SSSR count). The Balaban J connectivity index is 1.65. The summed E-state index contributed by atoms with van der Waals surface area (Å²) >= 11 is 0. The van der Waals surface area contributed by atoms with Crippen molar-refractivity contribution in [1.82, 2.24) is 21.7 Å². The molecule has 0 bridgehead atoms. The zero-order chi connectivity index (χ0) is 24.4. The maximum atomic E-state index is 11.9. The van der Waals surface area contributed by atoms with E-state index in [-0.39, 0.29) is 41.8 Å². The van der Waals surface area contributed by atoms with Crippen molar-refractivity contribution >= 4 is 35.0 Å². The number of amides is 4. The predicted molar refractivity (Wildman–Crippen MR) is 111 cm³/mol. The lowest BCUT2D eigenvalue weighted by Crippen LogP contribution is -2.42. The Labute approximate surface area is 185 Å². The summed E-state index contributed by atoms with van der Waals surface area (Å²) in [4.78, 5) is 67.3. The summed E-state index contributed by atoms with van der Waals surface area (Å²) in [5.74, 6) is -2.50. The molecule has 2 aromatic carbocycles. The van der Waals surface area contributed by atoms with Gasteiger partial charge in [0.05, 0.1) is 9.85 Å². The third-order valence-corrected chi connectivity index (χ3v) is 4.12. The minimum absolute atomic E-state index is 0.101. The van der Waals surface area contributed by atoms with E-state index in [9.17, 15) is 39.4 Å². The van der Waals surface area contributed by atoms with Crippen LogP contribution in [0.25, 0.3) is 0 Å². The summed E-state index contributed by atoms with van der Waals surface area (Å²) < 4.78 is 0. The SMILES string of the molecule is O=C(CCCC(=O)NNC(=O)c1ccc([N+](=O)[O-])cc1)NNC(=O)c1ccc([N+](=O)[O-])cc1. The molecule has 4 amide bonds. The largest absolute Gasteiger partial charge is 0.273 e. The maximum absolute atomic E-state index is 11.9. The highest BCUT2D eigenvalue weighted by Crippen LogP contribution is 2.12. The first kappa shape index (κ1) is 24.4. The second-order valence-corrected chi connectivity index (χ2v) is 6.47. The summed E-state index contributed by atoms with van der Waals surface area (Å²) in [6.45, 7) is 0. The third-order valence-electron chi connectivity index (χ3n) is 4.12. The molecule has 0 radical (unpaired) electrons. The summed E-state index contributed by atoms with van der Waals surface area (Å²) in [5.41, 5.74) is 8.44. The van der Waals surface area contributed by atoms with Crippen molar-refractivity contribution in [2.24, 2.45) is 0 Å². The number of nitrogens with zero attached hydrogens (tertiary/aromatic N) is 2. The Bertz CT molecular complexity index is 983. The molecule has 0 saturated carbocycles. The second kappa shape index (κ2) is 11.5. The van der Waals surface area contributed by atoms with Crippen LogP contribution in [-0.4, -0.2) is 33.5 Å². The van der Waals surface area contributed by atoms with Gasteiger partial charge >= 0.3 is 0 Å². The summed E-state index contributed by atoms with van der Waals surface area (Å²) in [7, 11) is 0. The molecule has 0 saturated heterocycles. The quantitative estimate of drug-likeness (QED) is 0.330. The average molecular weight is 458 g/mol. The van der Waals surface area contributed by atoms with Gasteiger partial charge in [0.2, 0.25) is 11.8 Å². The fourth-order valence-electron chi connectivity index (χ4n) is 2.40. The van der Waals surface area contributed by atoms with Crippen molar-refractivity contribution in [3.8, 4) is 0 Å². The Kier molecular flexibility index (Phi) is 8.50. The Hall–Kier alpha value is -4.88. The maximum Gasteiger partial charge on any atom is 0.269 e. The van der Waals surface area contributed by atoms with E-state index < -0.39 is 33.5 Å². The van der Waals surface area contributed by atoms with Crippen molar-refractivity contribution in [3.05, 3.63) is 79.9 Å². The van der Waals surface area contributed by atoms with Crippen molar-refractivity contribution in [2.75, 3.05) is 0 Å². The molecule has 0 aliphatic heterocycles. The molecule has 14 nitrogen and oxygen atoms in total. The Morgan fingerprint density at radius 1 is 0.606 bits per heavy atom. The van der Waals surface area contributed by atoms with E-state index in [4.69, 9.17) is 0 Å². The highest BCUT2D eigenvalue weighted by atomic mass is 16.6. The van der Waals surface area contributed by atoms with Crippen LogP contribution in [0, 0.1) is 20.2 Å². The summed E-state index contributed by atoms with van der Waals surface area (Å²) in [5, 5.41) is 21.2. The van der Waals surface area contributed by atoms with Crippen LogP contribution in [0.1, 0.15) is 40.0 Å². The number of non-ortho nitro benzene ring substituents is 2. The van der Waals surface area contributed by atoms with E-state index in [2.05, 4.69) is 21.7 Å². The molecule has 0 aliphatic carbocycles. The van der Waals surface area contributed by atoms with E-state index in [1.165, 1.54) is 24.3 Å². The minimum atomic E-state index is -0.676. The number of rotatable bonds is 8. The van der Waals surface area contributed by atoms with Gasteiger partial charge in [-0.15, -0.1) is 0 Å². The fourth-order valence-corrected chi connectivity index (χ4v) is 2.40. The van der Waals surface area contributed by atoms with E-state index >= 15 is 0 Å². The number of hydrazine groups is 2. The smallest absolute Gasteiger partial charge is 0.269 e. The van der Waals surface area contributed by atoms with Gasteiger partial charge in [-0.1, -0.05) is 0 Å². The molecule has 4 N–H and O–H groups in total. The lowest BCUT2D eigenvalue weighted by Gasteiger charge is -2.08. The fraction of sp³-hybridized carbons (Fsp3) is 0.158. The molecule has 0 spiro atoms. The van der Waals surface area contributed by atoms with Crippen LogP contribution >= 0.6 is 0 Å². The van der Waals surface area contributed by atoms with Crippen molar-refractivity contribution in [2.45, 2.75) is 19.3 Å². The van der Waals surface area contributed by atoms with Crippen LogP contribution in [0.5, 0.6) is 0 Å². The first-order chi connectivity index (χ1) is 15.7. The summed E-state index contributed by atoms with van der Waals surface area (Å²) in [6, 6.07) is 9.52. The van der Waals surface area contributed by atoms with Gasteiger partial charge in [-0.2, -0.15) is 0 Å². The molecule has 0 fully saturated rings. The van der Waals surface area contributed by atoms with Crippen molar-refractivity contribution in [1.29, 1.82) is 0 Å². The number of nitro groups is 2. The second-order valence-electron chi connectivity index (χ2n) is 6.47. The minimum Gasteiger partial charge on any atom is -0.273 e. The first-order valence-electron chi connectivity index (χ1n) is 9.34. The average Bonchev–Trinajstić information content (AvgIpc) is 2.81. The standard InChI is InChI=1S/C19H18N6O8/c26-16(20-22-18(28)12-4-8-14(9-5-12)24(30)31)2-1-3-17(27)21-23-19(29)13-6-10-15(11-7-13)25(32)33/h4-11H,1-3H2,(H,20,26)(H,21,27)(H,22,28)(H,23,29). The molecular weight excluding hydrogens is 440 g/mol. The van der Waals surface area contributed by atoms with Crippen LogP contribution in [0.2, 0.25) is 0 Å². The highest BCUT2D eigenvalue weighted by molar-refractivity contribution is 5.96. The molecule has 0 aromatic heterocycles. The zero-order valence-corrected chi connectivity index (χ0v) is 16.9. The number of carbonyl (C=O) groups excluding carboxylic acids is 4. The third kappa shape index (κ3) is 7.71. The molecular formula is C19H18N6O8. The van der Waals surface area contributed by atoms with Gasteiger partial charge in [-0.25, -0.2) is 0 Å². The molecule has 0 heterocycles. The molecule has 2 aromatic rings. The Morgan fingerprint density at radius 2 is 0.939 bits per heavy atom. The topological polar surface area (TPSA) is 203 Å². The monoisotopic (exact) mass is 458 g/mol. The van der Waals surface area contributed by atoms with Gasteiger partial charge in [0.1, 0.15) is 0 Å². The van der Waals surface area contributed by atoms with E-state index in [1.54, 1.807) is 0 Å². The van der Waals surface area contributed by atoms with E-state index in [1.807, 2.05) is 0 Å². The normalized spacial score (nSPS) is 9.94. The zero-order valence-electron chi connectivity index (χ0n) is 16.9. The molecule has 14 heteroatoms. The lowest BCUT2D eigenvalue weighted by molar-refractivity contribution is -0.385.